The molecule has 2 heterocycles. The van der Waals surface area contributed by atoms with E-state index in [1.54, 1.807) is 6.20 Å². The summed E-state index contributed by atoms with van der Waals surface area (Å²) in [4.78, 5) is 22.0. The number of halogens is 1. The van der Waals surface area contributed by atoms with Crippen LogP contribution < -0.4 is 16.0 Å². The maximum atomic E-state index is 11.6. The molecule has 0 bridgehead atoms. The van der Waals surface area contributed by atoms with Gasteiger partial charge in [0.25, 0.3) is 5.91 Å². The van der Waals surface area contributed by atoms with Crippen LogP contribution in [-0.4, -0.2) is 35.5 Å². The summed E-state index contributed by atoms with van der Waals surface area (Å²) >= 11 is 5.90. The molecule has 126 valence electrons. The topological polar surface area (TPSA) is 84.1 Å². The molecule has 1 aliphatic heterocycles. The third-order valence-corrected chi connectivity index (χ3v) is 4.42. The highest BCUT2D eigenvalue weighted by Crippen LogP contribution is 2.24. The minimum atomic E-state index is -0.542. The number of nitrogens with one attached hydrogen (secondary N) is 1. The van der Waals surface area contributed by atoms with E-state index in [1.807, 2.05) is 24.3 Å². The van der Waals surface area contributed by atoms with E-state index in [0.29, 0.717) is 11.7 Å². The van der Waals surface area contributed by atoms with Gasteiger partial charge in [-0.05, 0) is 43.0 Å². The van der Waals surface area contributed by atoms with Gasteiger partial charge in [-0.15, -0.1) is 0 Å². The maximum absolute atomic E-state index is 11.6. The molecule has 24 heavy (non-hydrogen) atoms. The number of benzene rings is 1. The van der Waals surface area contributed by atoms with Gasteiger partial charge in [0.1, 0.15) is 0 Å². The van der Waals surface area contributed by atoms with Gasteiger partial charge in [-0.2, -0.15) is 0 Å². The van der Waals surface area contributed by atoms with Gasteiger partial charge in [0, 0.05) is 42.7 Å². The molecule has 6 nitrogen and oxygen atoms in total. The Hall–Kier alpha value is -2.34. The second kappa shape index (κ2) is 7.49. The molecule has 3 rings (SSSR count). The summed E-state index contributed by atoms with van der Waals surface area (Å²) in [5, 5.41) is 4.17. The molecule has 1 fully saturated rings. The van der Waals surface area contributed by atoms with E-state index in [-0.39, 0.29) is 5.69 Å². The number of anilines is 2. The molecule has 7 heteroatoms. The largest absolute Gasteiger partial charge is 0.385 e. The van der Waals surface area contributed by atoms with E-state index in [0.717, 1.165) is 43.2 Å². The molecule has 1 amide bonds. The predicted molar refractivity (Wildman–Crippen MR) is 95.4 cm³/mol. The Morgan fingerprint density at radius 1 is 1.29 bits per heavy atom. The fourth-order valence-electron chi connectivity index (χ4n) is 2.99. The lowest BCUT2D eigenvalue weighted by molar-refractivity contribution is 0.0995. The van der Waals surface area contributed by atoms with Gasteiger partial charge in [0.15, 0.2) is 11.5 Å². The maximum Gasteiger partial charge on any atom is 0.271 e. The molecule has 0 aliphatic carbocycles. The third kappa shape index (κ3) is 3.94. The minimum absolute atomic E-state index is 0.240. The lowest BCUT2D eigenvalue weighted by Crippen LogP contribution is -2.39. The number of carbonyl (C=O) groups is 1. The molecule has 1 unspecified atom stereocenters. The van der Waals surface area contributed by atoms with Gasteiger partial charge in [-0.1, -0.05) is 11.6 Å². The lowest BCUT2D eigenvalue weighted by Gasteiger charge is -2.34. The van der Waals surface area contributed by atoms with Crippen LogP contribution in [0.3, 0.4) is 0 Å². The Labute approximate surface area is 146 Å². The van der Waals surface area contributed by atoms with Crippen molar-refractivity contribution in [2.75, 3.05) is 29.9 Å². The summed E-state index contributed by atoms with van der Waals surface area (Å²) in [6.45, 7) is 2.53. The first-order valence-electron chi connectivity index (χ1n) is 7.98. The van der Waals surface area contributed by atoms with Crippen molar-refractivity contribution in [3.63, 3.8) is 0 Å². The molecule has 0 spiro atoms. The van der Waals surface area contributed by atoms with E-state index >= 15 is 0 Å². The summed E-state index contributed by atoms with van der Waals surface area (Å²) in [6.07, 6.45) is 5.26. The van der Waals surface area contributed by atoms with E-state index in [1.165, 1.54) is 6.20 Å². The third-order valence-electron chi connectivity index (χ3n) is 4.17. The van der Waals surface area contributed by atoms with Gasteiger partial charge in [0.05, 0.1) is 0 Å². The normalized spacial score (nSPS) is 17.5. The minimum Gasteiger partial charge on any atom is -0.385 e. The predicted octanol–water partition coefficient (Wildman–Crippen LogP) is 2.56. The van der Waals surface area contributed by atoms with E-state index in [9.17, 15) is 4.79 Å². The molecule has 0 radical (unpaired) electrons. The average Bonchev–Trinajstić information content (AvgIpc) is 2.61. The van der Waals surface area contributed by atoms with Crippen molar-refractivity contribution in [3.05, 3.63) is 47.4 Å². The SMILES string of the molecule is NC(=O)c1nccnc1N1CCCC(CNc2ccc(Cl)cc2)C1. The second-order valence-electron chi connectivity index (χ2n) is 5.93. The molecular weight excluding hydrogens is 326 g/mol. The molecule has 0 saturated carbocycles. The number of hydrogen-bond donors (Lipinski definition) is 2. The number of aromatic nitrogens is 2. The van der Waals surface area contributed by atoms with Crippen molar-refractivity contribution in [3.8, 4) is 0 Å². The second-order valence-corrected chi connectivity index (χ2v) is 6.37. The van der Waals surface area contributed by atoms with Crippen LogP contribution in [0.4, 0.5) is 11.5 Å². The zero-order valence-corrected chi connectivity index (χ0v) is 14.0. The Morgan fingerprint density at radius 2 is 2.04 bits per heavy atom. The molecule has 1 aromatic heterocycles. The standard InChI is InChI=1S/C17H20ClN5O/c18-13-3-5-14(6-4-13)22-10-12-2-1-9-23(11-12)17-15(16(19)24)20-7-8-21-17/h3-8,12,22H,1-2,9-11H2,(H2,19,24). The summed E-state index contributed by atoms with van der Waals surface area (Å²) in [5.41, 5.74) is 6.70. The van der Waals surface area contributed by atoms with Gasteiger partial charge in [-0.25, -0.2) is 9.97 Å². The van der Waals surface area contributed by atoms with Crippen LogP contribution in [0.5, 0.6) is 0 Å². The average molecular weight is 346 g/mol. The molecule has 1 aromatic carbocycles. The first-order valence-corrected chi connectivity index (χ1v) is 8.36. The van der Waals surface area contributed by atoms with Gasteiger partial charge in [-0.3, -0.25) is 4.79 Å². The highest BCUT2D eigenvalue weighted by molar-refractivity contribution is 6.30. The molecule has 1 aliphatic rings. The number of hydrogen-bond acceptors (Lipinski definition) is 5. The Kier molecular flexibility index (Phi) is 5.15. The first-order chi connectivity index (χ1) is 11.6. The zero-order valence-electron chi connectivity index (χ0n) is 13.3. The van der Waals surface area contributed by atoms with Crippen LogP contribution in [0.25, 0.3) is 0 Å². The van der Waals surface area contributed by atoms with Crippen LogP contribution in [0, 0.1) is 5.92 Å². The fourth-order valence-corrected chi connectivity index (χ4v) is 3.12. The van der Waals surface area contributed by atoms with Gasteiger partial charge < -0.3 is 16.0 Å². The number of rotatable bonds is 5. The quantitative estimate of drug-likeness (QED) is 0.870. The van der Waals surface area contributed by atoms with Crippen molar-refractivity contribution < 1.29 is 4.79 Å². The molecule has 2 aromatic rings. The highest BCUT2D eigenvalue weighted by atomic mass is 35.5. The number of amides is 1. The van der Waals surface area contributed by atoms with Gasteiger partial charge >= 0.3 is 0 Å². The van der Waals surface area contributed by atoms with Crippen molar-refractivity contribution in [1.29, 1.82) is 0 Å². The van der Waals surface area contributed by atoms with Crippen LogP contribution >= 0.6 is 11.6 Å². The number of carbonyl (C=O) groups excluding carboxylic acids is 1. The molecular formula is C17H20ClN5O. The molecule has 3 N–H and O–H groups in total. The summed E-state index contributed by atoms with van der Waals surface area (Å²) in [5.74, 6) is 0.498. The number of primary amides is 1. The van der Waals surface area contributed by atoms with Crippen LogP contribution in [0.1, 0.15) is 23.3 Å². The smallest absolute Gasteiger partial charge is 0.271 e. The van der Waals surface area contributed by atoms with Crippen molar-refractivity contribution in [2.24, 2.45) is 11.7 Å². The van der Waals surface area contributed by atoms with Crippen molar-refractivity contribution in [1.82, 2.24) is 9.97 Å². The van der Waals surface area contributed by atoms with E-state index in [2.05, 4.69) is 20.2 Å². The van der Waals surface area contributed by atoms with Crippen LogP contribution in [-0.2, 0) is 0 Å². The van der Waals surface area contributed by atoms with Crippen LogP contribution in [0.15, 0.2) is 36.7 Å². The van der Waals surface area contributed by atoms with Crippen molar-refractivity contribution >= 4 is 29.0 Å². The Balaban J connectivity index is 1.64. The summed E-state index contributed by atoms with van der Waals surface area (Å²) in [7, 11) is 0. The number of nitrogens with zero attached hydrogens (tertiary/aromatic N) is 3. The number of nitrogens with two attached hydrogens (primary N) is 1. The molecule has 1 atom stereocenters. The number of piperidine rings is 1. The molecule has 1 saturated heterocycles. The fraction of sp³-hybridized carbons (Fsp3) is 0.353. The summed E-state index contributed by atoms with van der Waals surface area (Å²) in [6, 6.07) is 7.68. The van der Waals surface area contributed by atoms with Gasteiger partial charge in [0.2, 0.25) is 0 Å². The lowest BCUT2D eigenvalue weighted by atomic mass is 9.97. The van der Waals surface area contributed by atoms with E-state index in [4.69, 9.17) is 17.3 Å². The summed E-state index contributed by atoms with van der Waals surface area (Å²) < 4.78 is 0. The Bertz CT molecular complexity index is 706. The zero-order chi connectivity index (χ0) is 16.9. The Morgan fingerprint density at radius 3 is 2.79 bits per heavy atom. The van der Waals surface area contributed by atoms with E-state index < -0.39 is 5.91 Å². The van der Waals surface area contributed by atoms with Crippen molar-refractivity contribution in [2.45, 2.75) is 12.8 Å². The monoisotopic (exact) mass is 345 g/mol. The first kappa shape index (κ1) is 16.5. The highest BCUT2D eigenvalue weighted by Gasteiger charge is 2.24. The van der Waals surface area contributed by atoms with Crippen LogP contribution in [0.2, 0.25) is 5.02 Å².